The highest BCUT2D eigenvalue weighted by molar-refractivity contribution is 5.41. The van der Waals surface area contributed by atoms with Crippen LogP contribution in [0.4, 0.5) is 17.6 Å². The Morgan fingerprint density at radius 2 is 1.22 bits per heavy atom. The molecule has 4 aliphatic rings. The van der Waals surface area contributed by atoms with Crippen LogP contribution < -0.4 is 14.2 Å². The van der Waals surface area contributed by atoms with Crippen LogP contribution in [-0.4, -0.2) is 61.1 Å². The third-order valence-corrected chi connectivity index (χ3v) is 6.66. The molecule has 2 aromatic rings. The molecule has 2 aliphatic heterocycles. The Morgan fingerprint density at radius 1 is 0.703 bits per heavy atom. The minimum absolute atomic E-state index is 0.0797. The minimum atomic E-state index is -1.09. The van der Waals surface area contributed by atoms with Crippen molar-refractivity contribution in [2.75, 3.05) is 14.2 Å². The van der Waals surface area contributed by atoms with E-state index in [1.807, 2.05) is 0 Å². The van der Waals surface area contributed by atoms with Crippen molar-refractivity contribution in [1.29, 1.82) is 0 Å². The molecule has 11 heteroatoms. The molecule has 2 aliphatic carbocycles. The van der Waals surface area contributed by atoms with E-state index in [1.165, 1.54) is 20.6 Å². The highest BCUT2D eigenvalue weighted by atomic mass is 19.2. The number of rotatable bonds is 4. The van der Waals surface area contributed by atoms with Gasteiger partial charge in [-0.05, 0) is 38.5 Å². The van der Waals surface area contributed by atoms with E-state index < -0.39 is 29.0 Å². The van der Waals surface area contributed by atoms with Gasteiger partial charge in [0.1, 0.15) is 18.3 Å². The average molecular weight is 531 g/mol. The number of halogens is 4. The van der Waals surface area contributed by atoms with Crippen LogP contribution in [0.2, 0.25) is 0 Å². The Balaban J connectivity index is 0.000000143. The van der Waals surface area contributed by atoms with Crippen molar-refractivity contribution < 1.29 is 51.5 Å². The van der Waals surface area contributed by atoms with Crippen LogP contribution in [-0.2, 0) is 9.47 Å². The number of aliphatic hydroxyl groups is 1. The Morgan fingerprint density at radius 3 is 1.81 bits per heavy atom. The minimum Gasteiger partial charge on any atom is -0.504 e. The molecule has 2 saturated heterocycles. The van der Waals surface area contributed by atoms with E-state index in [0.29, 0.717) is 12.2 Å². The lowest BCUT2D eigenvalue weighted by atomic mass is 9.98. The van der Waals surface area contributed by atoms with Gasteiger partial charge in [-0.15, -0.1) is 0 Å². The first kappa shape index (κ1) is 27.3. The van der Waals surface area contributed by atoms with Crippen molar-refractivity contribution in [2.24, 2.45) is 0 Å². The first-order valence-corrected chi connectivity index (χ1v) is 12.1. The molecule has 4 fully saturated rings. The molecule has 37 heavy (non-hydrogen) atoms. The number of aliphatic hydroxyl groups excluding tert-OH is 1. The van der Waals surface area contributed by atoms with E-state index in [2.05, 4.69) is 4.74 Å². The molecule has 2 heterocycles. The normalized spacial score (nSPS) is 28.7. The van der Waals surface area contributed by atoms with Gasteiger partial charge in [0.15, 0.2) is 46.3 Å². The summed E-state index contributed by atoms with van der Waals surface area (Å²) in [7, 11) is 2.66. The van der Waals surface area contributed by atoms with Crippen LogP contribution in [0.3, 0.4) is 0 Å². The zero-order valence-corrected chi connectivity index (χ0v) is 20.5. The Labute approximate surface area is 211 Å². The number of benzene rings is 2. The molecule has 2 N–H and O–H groups in total. The number of fused-ring (bicyclic) bond motifs is 2. The van der Waals surface area contributed by atoms with E-state index >= 15 is 0 Å². The second-order valence-electron chi connectivity index (χ2n) is 9.22. The summed E-state index contributed by atoms with van der Waals surface area (Å²) in [5.41, 5.74) is 0. The van der Waals surface area contributed by atoms with Crippen LogP contribution in [0, 0.1) is 23.3 Å². The monoisotopic (exact) mass is 530 g/mol. The molecule has 0 aromatic heterocycles. The molecule has 2 aromatic carbocycles. The van der Waals surface area contributed by atoms with Gasteiger partial charge in [0.2, 0.25) is 0 Å². The lowest BCUT2D eigenvalue weighted by Crippen LogP contribution is -2.28. The third kappa shape index (κ3) is 6.77. The van der Waals surface area contributed by atoms with Crippen LogP contribution >= 0.6 is 0 Å². The number of phenols is 1. The number of methoxy groups -OCH3 is 2. The highest BCUT2D eigenvalue weighted by Gasteiger charge is 2.49. The van der Waals surface area contributed by atoms with Gasteiger partial charge in [-0.3, -0.25) is 0 Å². The summed E-state index contributed by atoms with van der Waals surface area (Å²) in [5.74, 6) is -4.06. The SMILES string of the molecule is COc1cc(F)c(F)cc1O.COc1cc(F)c(F)cc1OC1CCC[C@H]2O[C@@H]12.O[C@H]1CCC[C@H]2O[C@@H]12. The van der Waals surface area contributed by atoms with Crippen molar-refractivity contribution in [1.82, 2.24) is 0 Å². The van der Waals surface area contributed by atoms with Crippen molar-refractivity contribution in [3.8, 4) is 23.0 Å². The summed E-state index contributed by atoms with van der Waals surface area (Å²) in [6.07, 6.45) is 6.99. The number of hydrogen-bond acceptors (Lipinski definition) is 7. The van der Waals surface area contributed by atoms with Gasteiger partial charge in [0.25, 0.3) is 0 Å². The van der Waals surface area contributed by atoms with Crippen molar-refractivity contribution >= 4 is 0 Å². The summed E-state index contributed by atoms with van der Waals surface area (Å²) < 4.78 is 76.8. The summed E-state index contributed by atoms with van der Waals surface area (Å²) in [4.78, 5) is 0. The predicted molar refractivity (Wildman–Crippen MR) is 123 cm³/mol. The molecule has 0 spiro atoms. The topological polar surface area (TPSA) is 93.2 Å². The van der Waals surface area contributed by atoms with E-state index in [4.69, 9.17) is 29.2 Å². The van der Waals surface area contributed by atoms with Gasteiger partial charge in [-0.1, -0.05) is 0 Å². The number of hydrogen-bond donors (Lipinski definition) is 2. The first-order valence-electron chi connectivity index (χ1n) is 12.1. The van der Waals surface area contributed by atoms with Crippen LogP contribution in [0.5, 0.6) is 23.0 Å². The fraction of sp³-hybridized carbons (Fsp3) is 0.538. The van der Waals surface area contributed by atoms with E-state index in [0.717, 1.165) is 50.3 Å². The van der Waals surface area contributed by atoms with E-state index in [-0.39, 0.29) is 47.8 Å². The molecular weight excluding hydrogens is 500 g/mol. The van der Waals surface area contributed by atoms with Gasteiger partial charge in [-0.25, -0.2) is 17.6 Å². The molecule has 0 bridgehead atoms. The molecule has 6 rings (SSSR count). The lowest BCUT2D eigenvalue weighted by molar-refractivity contribution is 0.124. The fourth-order valence-corrected chi connectivity index (χ4v) is 4.55. The fourth-order valence-electron chi connectivity index (χ4n) is 4.55. The third-order valence-electron chi connectivity index (χ3n) is 6.66. The summed E-state index contributed by atoms with van der Waals surface area (Å²) in [6.45, 7) is 0. The number of aromatic hydroxyl groups is 1. The largest absolute Gasteiger partial charge is 0.504 e. The van der Waals surface area contributed by atoms with Gasteiger partial charge in [0.05, 0.1) is 32.5 Å². The Bertz CT molecular complexity index is 1090. The van der Waals surface area contributed by atoms with Gasteiger partial charge >= 0.3 is 0 Å². The molecule has 204 valence electrons. The predicted octanol–water partition coefficient (Wildman–Crippen LogP) is 4.65. The van der Waals surface area contributed by atoms with Crippen LogP contribution in [0.1, 0.15) is 38.5 Å². The summed E-state index contributed by atoms with van der Waals surface area (Å²) in [5, 5.41) is 18.0. The van der Waals surface area contributed by atoms with Gasteiger partial charge in [-0.2, -0.15) is 0 Å². The smallest absolute Gasteiger partial charge is 0.164 e. The lowest BCUT2D eigenvalue weighted by Gasteiger charge is -2.21. The van der Waals surface area contributed by atoms with Crippen LogP contribution in [0.25, 0.3) is 0 Å². The van der Waals surface area contributed by atoms with Gasteiger partial charge in [0, 0.05) is 24.3 Å². The maximum absolute atomic E-state index is 13.2. The second-order valence-corrected chi connectivity index (χ2v) is 9.22. The van der Waals surface area contributed by atoms with Crippen molar-refractivity contribution in [2.45, 2.75) is 75.1 Å². The highest BCUT2D eigenvalue weighted by Crippen LogP contribution is 2.40. The number of epoxide rings is 2. The van der Waals surface area contributed by atoms with Gasteiger partial charge < -0.3 is 33.9 Å². The zero-order valence-electron chi connectivity index (χ0n) is 20.5. The van der Waals surface area contributed by atoms with Crippen molar-refractivity contribution in [3.63, 3.8) is 0 Å². The van der Waals surface area contributed by atoms with Crippen molar-refractivity contribution in [3.05, 3.63) is 47.5 Å². The van der Waals surface area contributed by atoms with E-state index in [1.54, 1.807) is 0 Å². The first-order chi connectivity index (χ1) is 17.7. The maximum Gasteiger partial charge on any atom is 0.164 e. The quantitative estimate of drug-likeness (QED) is 0.439. The molecule has 6 atom stereocenters. The van der Waals surface area contributed by atoms with E-state index in [9.17, 15) is 17.6 Å². The molecule has 0 radical (unpaired) electrons. The number of phenolic OH excluding ortho intramolecular Hbond substituents is 1. The molecule has 2 saturated carbocycles. The second kappa shape index (κ2) is 11.7. The molecule has 1 unspecified atom stereocenters. The number of ether oxygens (including phenoxy) is 5. The molecule has 7 nitrogen and oxygen atoms in total. The Kier molecular flexibility index (Phi) is 8.66. The molecule has 0 amide bonds. The Hall–Kier alpha value is -2.76. The maximum atomic E-state index is 13.2. The zero-order chi connectivity index (χ0) is 26.7. The molecular formula is C26H30F4O7. The van der Waals surface area contributed by atoms with Crippen LogP contribution in [0.15, 0.2) is 24.3 Å². The standard InChI is InChI=1S/C13H14F2O3.C7H6F2O2.C6H10O2/c1-16-11-5-7(14)8(15)6-12(11)17-9-3-2-4-10-13(9)18-10;1-11-7-3-5(9)4(8)2-6(7)10;7-4-2-1-3-5-6(4)8-5/h5-6,9-10,13H,2-4H2,1H3;2-3,10H,1H3;4-7H,1-3H2/t9?,10-,13+;;4-,5+,6-/m1.0/s1. The average Bonchev–Trinajstić information content (AvgIpc) is 3.79. The summed E-state index contributed by atoms with van der Waals surface area (Å²) in [6, 6.07) is 3.47. The summed E-state index contributed by atoms with van der Waals surface area (Å²) >= 11 is 0.